The highest BCUT2D eigenvalue weighted by Gasteiger charge is 2.29. The van der Waals surface area contributed by atoms with Gasteiger partial charge in [0.05, 0.1) is 28.8 Å². The standard InChI is InChI=1S/C24H30N6O2S/c1-6-18-20-11-17(13-29(20)12-15(2)25-18)21-27-30-14-19(26-22(30)33-21)16-7-9-28(10-8-16)23(31)32-24(3,4)5/h11-14,16H,6-10H2,1-5H3. The van der Waals surface area contributed by atoms with Gasteiger partial charge in [0.2, 0.25) is 4.96 Å². The minimum absolute atomic E-state index is 0.227. The molecule has 0 unspecified atom stereocenters. The summed E-state index contributed by atoms with van der Waals surface area (Å²) >= 11 is 1.60. The SMILES string of the molecule is CCc1nc(C)cn2cc(-c3nn4cc(C5CCN(C(=O)OC(C)(C)C)CC5)nc4s3)cc12. The summed E-state index contributed by atoms with van der Waals surface area (Å²) in [6.07, 6.45) is 8.65. The Morgan fingerprint density at radius 2 is 1.94 bits per heavy atom. The van der Waals surface area contributed by atoms with Gasteiger partial charge in [-0.05, 0) is 53.0 Å². The number of rotatable bonds is 3. The van der Waals surface area contributed by atoms with Crippen molar-refractivity contribution in [3.05, 3.63) is 41.7 Å². The molecule has 1 fully saturated rings. The summed E-state index contributed by atoms with van der Waals surface area (Å²) in [4.78, 5) is 24.6. The Morgan fingerprint density at radius 3 is 2.61 bits per heavy atom. The molecule has 33 heavy (non-hydrogen) atoms. The van der Waals surface area contributed by atoms with Gasteiger partial charge in [0, 0.05) is 37.0 Å². The molecule has 174 valence electrons. The Kier molecular flexibility index (Phi) is 5.39. The Hall–Kier alpha value is -2.94. The molecular formula is C24H30N6O2S. The number of amides is 1. The number of ether oxygens (including phenoxy) is 1. The number of piperidine rings is 1. The van der Waals surface area contributed by atoms with Crippen molar-refractivity contribution in [1.82, 2.24) is 28.9 Å². The molecule has 5 heterocycles. The molecule has 0 bridgehead atoms. The van der Waals surface area contributed by atoms with Crippen molar-refractivity contribution in [1.29, 1.82) is 0 Å². The first kappa shape index (κ1) is 21.9. The van der Waals surface area contributed by atoms with Gasteiger partial charge in [-0.15, -0.1) is 0 Å². The number of fused-ring (bicyclic) bond motifs is 2. The molecule has 1 aliphatic heterocycles. The molecule has 8 nitrogen and oxygen atoms in total. The topological polar surface area (TPSA) is 77.0 Å². The lowest BCUT2D eigenvalue weighted by Gasteiger charge is -2.32. The zero-order chi connectivity index (χ0) is 23.3. The Morgan fingerprint density at radius 1 is 1.18 bits per heavy atom. The number of nitrogens with zero attached hydrogens (tertiary/aromatic N) is 6. The van der Waals surface area contributed by atoms with Crippen LogP contribution in [0, 0.1) is 6.92 Å². The highest BCUT2D eigenvalue weighted by Crippen LogP contribution is 2.32. The summed E-state index contributed by atoms with van der Waals surface area (Å²) < 4.78 is 9.54. The fraction of sp³-hybridized carbons (Fsp3) is 0.500. The average Bonchev–Trinajstić information content (AvgIpc) is 3.44. The molecule has 0 aromatic carbocycles. The summed E-state index contributed by atoms with van der Waals surface area (Å²) in [6, 6.07) is 2.16. The molecule has 0 aliphatic carbocycles. The van der Waals surface area contributed by atoms with Crippen molar-refractivity contribution in [2.45, 2.75) is 65.4 Å². The smallest absolute Gasteiger partial charge is 0.410 e. The van der Waals surface area contributed by atoms with E-state index in [1.165, 1.54) is 0 Å². The van der Waals surface area contributed by atoms with E-state index < -0.39 is 5.60 Å². The van der Waals surface area contributed by atoms with Crippen LogP contribution in [0.5, 0.6) is 0 Å². The second kappa shape index (κ2) is 8.13. The van der Waals surface area contributed by atoms with Crippen molar-refractivity contribution < 1.29 is 9.53 Å². The van der Waals surface area contributed by atoms with Gasteiger partial charge in [-0.25, -0.2) is 14.3 Å². The van der Waals surface area contributed by atoms with Crippen molar-refractivity contribution in [2.75, 3.05) is 13.1 Å². The van der Waals surface area contributed by atoms with E-state index in [9.17, 15) is 4.79 Å². The number of aromatic nitrogens is 5. The molecule has 1 saturated heterocycles. The van der Waals surface area contributed by atoms with Crippen LogP contribution in [0.2, 0.25) is 0 Å². The number of aryl methyl sites for hydroxylation is 2. The fourth-order valence-corrected chi connectivity index (χ4v) is 5.28. The van der Waals surface area contributed by atoms with Crippen LogP contribution in [-0.2, 0) is 11.2 Å². The largest absolute Gasteiger partial charge is 0.444 e. The number of hydrogen-bond acceptors (Lipinski definition) is 6. The average molecular weight is 467 g/mol. The first-order chi connectivity index (χ1) is 15.7. The van der Waals surface area contributed by atoms with Gasteiger partial charge in [-0.2, -0.15) is 5.10 Å². The number of hydrogen-bond donors (Lipinski definition) is 0. The van der Waals surface area contributed by atoms with Gasteiger partial charge >= 0.3 is 6.09 Å². The van der Waals surface area contributed by atoms with Crippen LogP contribution in [0.25, 0.3) is 21.0 Å². The minimum atomic E-state index is -0.467. The second-order valence-corrected chi connectivity index (χ2v) is 10.7. The van der Waals surface area contributed by atoms with E-state index in [0.29, 0.717) is 19.0 Å². The van der Waals surface area contributed by atoms with E-state index >= 15 is 0 Å². The van der Waals surface area contributed by atoms with E-state index in [2.05, 4.69) is 34.8 Å². The van der Waals surface area contributed by atoms with Crippen molar-refractivity contribution in [3.63, 3.8) is 0 Å². The molecule has 1 aliphatic rings. The third kappa shape index (κ3) is 4.34. The molecule has 4 aromatic rings. The maximum atomic E-state index is 12.3. The van der Waals surface area contributed by atoms with Crippen LogP contribution in [0.1, 0.15) is 63.5 Å². The Balaban J connectivity index is 1.32. The third-order valence-corrected chi connectivity index (χ3v) is 6.96. The third-order valence-electron chi connectivity index (χ3n) is 5.99. The van der Waals surface area contributed by atoms with Crippen molar-refractivity contribution >= 4 is 27.9 Å². The molecule has 1 amide bonds. The van der Waals surface area contributed by atoms with Gasteiger partial charge in [-0.1, -0.05) is 18.3 Å². The van der Waals surface area contributed by atoms with Gasteiger partial charge in [-0.3, -0.25) is 4.98 Å². The van der Waals surface area contributed by atoms with Crippen LogP contribution in [0.4, 0.5) is 4.79 Å². The van der Waals surface area contributed by atoms with Crippen molar-refractivity contribution in [2.24, 2.45) is 0 Å². The van der Waals surface area contributed by atoms with Crippen LogP contribution in [0.3, 0.4) is 0 Å². The normalized spacial score (nSPS) is 15.6. The number of imidazole rings is 1. The summed E-state index contributed by atoms with van der Waals surface area (Å²) in [5.41, 5.74) is 4.91. The van der Waals surface area contributed by atoms with Gasteiger partial charge < -0.3 is 14.0 Å². The molecule has 4 aromatic heterocycles. The molecule has 0 spiro atoms. The van der Waals surface area contributed by atoms with Gasteiger partial charge in [0.15, 0.2) is 0 Å². The zero-order valence-electron chi connectivity index (χ0n) is 19.8. The first-order valence-electron chi connectivity index (χ1n) is 11.5. The predicted molar refractivity (Wildman–Crippen MR) is 129 cm³/mol. The molecule has 5 rings (SSSR count). The highest BCUT2D eigenvalue weighted by molar-refractivity contribution is 7.19. The number of likely N-dealkylation sites (tertiary alicyclic amines) is 1. The molecule has 0 saturated carbocycles. The van der Waals surface area contributed by atoms with Crippen LogP contribution in [-0.4, -0.2) is 53.7 Å². The van der Waals surface area contributed by atoms with E-state index in [-0.39, 0.29) is 6.09 Å². The van der Waals surface area contributed by atoms with Gasteiger partial charge in [0.25, 0.3) is 0 Å². The summed E-state index contributed by atoms with van der Waals surface area (Å²) in [6.45, 7) is 11.2. The Labute approximate surface area is 197 Å². The summed E-state index contributed by atoms with van der Waals surface area (Å²) in [5.74, 6) is 0.333. The Bertz CT molecular complexity index is 1290. The molecule has 9 heteroatoms. The first-order valence-corrected chi connectivity index (χ1v) is 12.3. The minimum Gasteiger partial charge on any atom is -0.444 e. The van der Waals surface area contributed by atoms with E-state index in [1.807, 2.05) is 38.4 Å². The number of carbonyl (C=O) groups excluding carboxylic acids is 1. The highest BCUT2D eigenvalue weighted by atomic mass is 32.1. The quantitative estimate of drug-likeness (QED) is 0.420. The lowest BCUT2D eigenvalue weighted by molar-refractivity contribution is 0.0204. The summed E-state index contributed by atoms with van der Waals surface area (Å²) in [7, 11) is 0. The van der Waals surface area contributed by atoms with E-state index in [4.69, 9.17) is 14.8 Å². The van der Waals surface area contributed by atoms with Crippen LogP contribution < -0.4 is 0 Å². The van der Waals surface area contributed by atoms with E-state index in [0.717, 1.165) is 57.4 Å². The second-order valence-electron chi connectivity index (χ2n) is 9.75. The maximum Gasteiger partial charge on any atom is 0.410 e. The maximum absolute atomic E-state index is 12.3. The molecule has 0 N–H and O–H groups in total. The summed E-state index contributed by atoms with van der Waals surface area (Å²) in [5, 5.41) is 5.76. The monoisotopic (exact) mass is 466 g/mol. The van der Waals surface area contributed by atoms with Crippen LogP contribution >= 0.6 is 11.3 Å². The number of carbonyl (C=O) groups is 1. The predicted octanol–water partition coefficient (Wildman–Crippen LogP) is 5.09. The fourth-order valence-electron chi connectivity index (χ4n) is 4.41. The molecule has 0 atom stereocenters. The molecule has 0 radical (unpaired) electrons. The van der Waals surface area contributed by atoms with Crippen LogP contribution in [0.15, 0.2) is 24.7 Å². The lowest BCUT2D eigenvalue weighted by atomic mass is 9.94. The van der Waals surface area contributed by atoms with Gasteiger partial charge in [0.1, 0.15) is 10.6 Å². The van der Waals surface area contributed by atoms with Crippen molar-refractivity contribution in [3.8, 4) is 10.6 Å². The lowest BCUT2D eigenvalue weighted by Crippen LogP contribution is -2.41. The molecular weight excluding hydrogens is 436 g/mol. The van der Waals surface area contributed by atoms with E-state index in [1.54, 1.807) is 16.2 Å². The zero-order valence-corrected chi connectivity index (χ0v) is 20.6.